The Morgan fingerprint density at radius 2 is 2.00 bits per heavy atom. The van der Waals surface area contributed by atoms with Gasteiger partial charge in [0, 0.05) is 23.0 Å². The molecule has 0 aliphatic rings. The van der Waals surface area contributed by atoms with E-state index in [9.17, 15) is 4.39 Å². The number of hydrogen-bond acceptors (Lipinski definition) is 3. The average molecular weight is 292 g/mol. The summed E-state index contributed by atoms with van der Waals surface area (Å²) in [5.74, 6) is -0.162. The summed E-state index contributed by atoms with van der Waals surface area (Å²) in [6, 6.07) is 9.13. The number of likely N-dealkylation sites (N-methyl/N-ethyl adjacent to an activating group) is 1. The van der Waals surface area contributed by atoms with Crippen LogP contribution >= 0.6 is 11.3 Å². The van der Waals surface area contributed by atoms with Crippen molar-refractivity contribution in [1.29, 1.82) is 0 Å². The average Bonchev–Trinajstić information content (AvgIpc) is 2.86. The lowest BCUT2D eigenvalue weighted by molar-refractivity contribution is 0.189. The van der Waals surface area contributed by atoms with Crippen molar-refractivity contribution in [3.05, 3.63) is 57.5 Å². The first-order valence-electron chi connectivity index (χ1n) is 6.76. The summed E-state index contributed by atoms with van der Waals surface area (Å²) < 4.78 is 13.9. The number of rotatable bonds is 5. The van der Waals surface area contributed by atoms with Gasteiger partial charge in [-0.1, -0.05) is 18.2 Å². The van der Waals surface area contributed by atoms with Crippen molar-refractivity contribution >= 4 is 11.3 Å². The van der Waals surface area contributed by atoms with Crippen molar-refractivity contribution in [2.24, 2.45) is 5.73 Å². The first kappa shape index (κ1) is 15.2. The van der Waals surface area contributed by atoms with Crippen LogP contribution in [0, 0.1) is 12.7 Å². The molecule has 1 aromatic heterocycles. The topological polar surface area (TPSA) is 29.3 Å². The molecule has 0 bridgehead atoms. The van der Waals surface area contributed by atoms with E-state index in [0.717, 1.165) is 0 Å². The van der Waals surface area contributed by atoms with Gasteiger partial charge in [0.25, 0.3) is 0 Å². The van der Waals surface area contributed by atoms with Crippen LogP contribution in [0.3, 0.4) is 0 Å². The van der Waals surface area contributed by atoms with E-state index >= 15 is 0 Å². The highest BCUT2D eigenvalue weighted by molar-refractivity contribution is 7.10. The molecular formula is C16H21FN2S. The van der Waals surface area contributed by atoms with E-state index in [2.05, 4.69) is 23.3 Å². The van der Waals surface area contributed by atoms with Gasteiger partial charge in [0.05, 0.1) is 6.04 Å². The minimum atomic E-state index is -0.162. The Labute approximate surface area is 124 Å². The van der Waals surface area contributed by atoms with Gasteiger partial charge in [0.15, 0.2) is 0 Å². The van der Waals surface area contributed by atoms with Gasteiger partial charge in [-0.3, -0.25) is 4.90 Å². The molecule has 4 heteroatoms. The zero-order valence-corrected chi connectivity index (χ0v) is 13.0. The van der Waals surface area contributed by atoms with Crippen molar-refractivity contribution < 1.29 is 4.39 Å². The predicted octanol–water partition coefficient (Wildman–Crippen LogP) is 3.89. The Morgan fingerprint density at radius 1 is 1.30 bits per heavy atom. The number of nitrogens with zero attached hydrogens (tertiary/aromatic N) is 1. The monoisotopic (exact) mass is 292 g/mol. The molecule has 1 aromatic carbocycles. The van der Waals surface area contributed by atoms with E-state index in [1.54, 1.807) is 17.4 Å². The molecule has 2 atom stereocenters. The zero-order chi connectivity index (χ0) is 14.7. The molecule has 0 fully saturated rings. The molecule has 2 N–H and O–H groups in total. The Kier molecular flexibility index (Phi) is 4.91. The van der Waals surface area contributed by atoms with Crippen molar-refractivity contribution in [1.82, 2.24) is 4.90 Å². The molecule has 0 saturated heterocycles. The highest BCUT2D eigenvalue weighted by Gasteiger charge is 2.24. The molecule has 108 valence electrons. The maximum atomic E-state index is 13.9. The van der Waals surface area contributed by atoms with E-state index < -0.39 is 0 Å². The number of hydrogen-bond donors (Lipinski definition) is 1. The molecule has 0 spiro atoms. The summed E-state index contributed by atoms with van der Waals surface area (Å²) in [5.41, 5.74) is 7.92. The first-order valence-corrected chi connectivity index (χ1v) is 7.64. The first-order chi connectivity index (χ1) is 9.56. The fourth-order valence-electron chi connectivity index (χ4n) is 2.49. The van der Waals surface area contributed by atoms with Crippen LogP contribution in [0.5, 0.6) is 0 Å². The van der Waals surface area contributed by atoms with E-state index in [-0.39, 0.29) is 17.9 Å². The van der Waals surface area contributed by atoms with Gasteiger partial charge >= 0.3 is 0 Å². The molecule has 0 amide bonds. The van der Waals surface area contributed by atoms with Crippen molar-refractivity contribution in [2.45, 2.75) is 25.9 Å². The van der Waals surface area contributed by atoms with Gasteiger partial charge in [-0.2, -0.15) is 0 Å². The normalized spacial score (nSPS) is 14.5. The van der Waals surface area contributed by atoms with Gasteiger partial charge < -0.3 is 5.73 Å². The third-order valence-electron chi connectivity index (χ3n) is 3.89. The summed E-state index contributed by atoms with van der Waals surface area (Å²) in [4.78, 5) is 3.41. The summed E-state index contributed by atoms with van der Waals surface area (Å²) in [5, 5.41) is 2.08. The Balaban J connectivity index is 2.27. The fourth-order valence-corrected chi connectivity index (χ4v) is 3.58. The quantitative estimate of drug-likeness (QED) is 0.906. The summed E-state index contributed by atoms with van der Waals surface area (Å²) in [6.07, 6.45) is 0. The molecule has 2 nitrogen and oxygen atoms in total. The zero-order valence-electron chi connectivity index (χ0n) is 12.1. The van der Waals surface area contributed by atoms with Crippen LogP contribution in [0.25, 0.3) is 0 Å². The number of nitrogens with two attached hydrogens (primary N) is 1. The standard InChI is InChI=1S/C16H21FN2S/c1-11-8-9-20-16(11)15(10-18)19(3)12(2)13-6-4-5-7-14(13)17/h4-9,12,15H,10,18H2,1-3H3. The molecule has 20 heavy (non-hydrogen) atoms. The van der Waals surface area contributed by atoms with Crippen LogP contribution in [-0.4, -0.2) is 18.5 Å². The van der Waals surface area contributed by atoms with Gasteiger partial charge in [-0.05, 0) is 44.0 Å². The summed E-state index contributed by atoms with van der Waals surface area (Å²) in [7, 11) is 2.01. The minimum absolute atomic E-state index is 0.0220. The number of halogens is 1. The van der Waals surface area contributed by atoms with Gasteiger partial charge in [-0.15, -0.1) is 11.3 Å². The highest BCUT2D eigenvalue weighted by atomic mass is 32.1. The largest absolute Gasteiger partial charge is 0.329 e. The van der Waals surface area contributed by atoms with Crippen LogP contribution in [-0.2, 0) is 0 Å². The fraction of sp³-hybridized carbons (Fsp3) is 0.375. The second kappa shape index (κ2) is 6.48. The smallest absolute Gasteiger partial charge is 0.127 e. The third-order valence-corrected chi connectivity index (χ3v) is 5.01. The van der Waals surface area contributed by atoms with Crippen molar-refractivity contribution in [3.8, 4) is 0 Å². The Bertz CT molecular complexity index is 567. The van der Waals surface area contributed by atoms with Crippen molar-refractivity contribution in [3.63, 3.8) is 0 Å². The van der Waals surface area contributed by atoms with Crippen LogP contribution in [0.2, 0.25) is 0 Å². The van der Waals surface area contributed by atoms with E-state index in [1.807, 2.05) is 26.1 Å². The van der Waals surface area contributed by atoms with Crippen LogP contribution < -0.4 is 5.73 Å². The van der Waals surface area contributed by atoms with E-state index in [0.29, 0.717) is 12.1 Å². The summed E-state index contributed by atoms with van der Waals surface area (Å²) >= 11 is 1.71. The van der Waals surface area contributed by atoms with Crippen LogP contribution in [0.1, 0.15) is 35.0 Å². The van der Waals surface area contributed by atoms with Gasteiger partial charge in [0.1, 0.15) is 5.82 Å². The highest BCUT2D eigenvalue weighted by Crippen LogP contribution is 2.33. The molecule has 1 heterocycles. The lowest BCUT2D eigenvalue weighted by Crippen LogP contribution is -2.33. The van der Waals surface area contributed by atoms with Crippen LogP contribution in [0.4, 0.5) is 4.39 Å². The molecule has 0 aliphatic carbocycles. The second-order valence-corrected chi connectivity index (χ2v) is 6.03. The molecule has 2 unspecified atom stereocenters. The summed E-state index contributed by atoms with van der Waals surface area (Å²) in [6.45, 7) is 4.64. The van der Waals surface area contributed by atoms with Crippen molar-refractivity contribution in [2.75, 3.05) is 13.6 Å². The molecule has 2 aromatic rings. The molecule has 2 rings (SSSR count). The maximum Gasteiger partial charge on any atom is 0.127 e. The third kappa shape index (κ3) is 2.92. The Hall–Kier alpha value is -1.23. The van der Waals surface area contributed by atoms with Crippen LogP contribution in [0.15, 0.2) is 35.7 Å². The maximum absolute atomic E-state index is 13.9. The predicted molar refractivity (Wildman–Crippen MR) is 83.4 cm³/mol. The number of aryl methyl sites for hydroxylation is 1. The van der Waals surface area contributed by atoms with Gasteiger partial charge in [0.2, 0.25) is 0 Å². The van der Waals surface area contributed by atoms with E-state index in [1.165, 1.54) is 16.5 Å². The lowest BCUT2D eigenvalue weighted by atomic mass is 10.0. The van der Waals surface area contributed by atoms with E-state index in [4.69, 9.17) is 5.73 Å². The SMILES string of the molecule is Cc1ccsc1C(CN)N(C)C(C)c1ccccc1F. The van der Waals surface area contributed by atoms with Gasteiger partial charge in [-0.25, -0.2) is 4.39 Å². The molecular weight excluding hydrogens is 271 g/mol. The Morgan fingerprint density at radius 3 is 2.55 bits per heavy atom. The number of benzene rings is 1. The minimum Gasteiger partial charge on any atom is -0.329 e. The molecule has 0 aliphatic heterocycles. The number of thiophene rings is 1. The molecule has 0 radical (unpaired) electrons. The lowest BCUT2D eigenvalue weighted by Gasteiger charge is -2.32. The molecule has 0 saturated carbocycles. The second-order valence-electron chi connectivity index (χ2n) is 5.08.